The van der Waals surface area contributed by atoms with Crippen LogP contribution in [-0.4, -0.2) is 32.3 Å². The van der Waals surface area contributed by atoms with Gasteiger partial charge in [-0.3, -0.25) is 4.79 Å². The van der Waals surface area contributed by atoms with E-state index in [1.54, 1.807) is 7.11 Å². The van der Waals surface area contributed by atoms with Crippen LogP contribution in [0.3, 0.4) is 0 Å². The predicted octanol–water partition coefficient (Wildman–Crippen LogP) is 2.95. The normalized spacial score (nSPS) is 12.0. The Labute approximate surface area is 127 Å². The molecule has 0 spiro atoms. The fourth-order valence-corrected chi connectivity index (χ4v) is 2.17. The molecule has 1 atom stereocenters. The molecular formula is C17H27NO3. The highest BCUT2D eigenvalue weighted by Crippen LogP contribution is 2.14. The molecule has 0 aromatic heterocycles. The topological polar surface area (TPSA) is 47.6 Å². The largest absolute Gasteiger partial charge is 0.497 e. The molecule has 0 bridgehead atoms. The number of hydrogen-bond donors (Lipinski definition) is 1. The fraction of sp³-hybridized carbons (Fsp3) is 0.588. The van der Waals surface area contributed by atoms with Crippen LogP contribution in [0.4, 0.5) is 0 Å². The van der Waals surface area contributed by atoms with Gasteiger partial charge in [-0.2, -0.15) is 0 Å². The van der Waals surface area contributed by atoms with Gasteiger partial charge in [-0.15, -0.1) is 0 Å². The first-order valence-electron chi connectivity index (χ1n) is 7.71. The summed E-state index contributed by atoms with van der Waals surface area (Å²) in [6, 6.07) is 8.09. The Kier molecular flexibility index (Phi) is 8.51. The monoisotopic (exact) mass is 293 g/mol. The maximum absolute atomic E-state index is 11.7. The molecule has 118 valence electrons. The zero-order valence-corrected chi connectivity index (χ0v) is 13.4. The lowest BCUT2D eigenvalue weighted by molar-refractivity contribution is -0.143. The van der Waals surface area contributed by atoms with Crippen LogP contribution in [0.25, 0.3) is 0 Å². The van der Waals surface area contributed by atoms with Crippen molar-refractivity contribution >= 4 is 5.97 Å². The highest BCUT2D eigenvalue weighted by Gasteiger charge is 2.14. The van der Waals surface area contributed by atoms with Crippen molar-refractivity contribution in [2.24, 2.45) is 0 Å². The smallest absolute Gasteiger partial charge is 0.307 e. The van der Waals surface area contributed by atoms with Crippen LogP contribution in [0, 0.1) is 0 Å². The second-order valence-electron chi connectivity index (χ2n) is 5.07. The van der Waals surface area contributed by atoms with Gasteiger partial charge in [0.25, 0.3) is 0 Å². The molecule has 0 saturated carbocycles. The molecule has 4 nitrogen and oxygen atoms in total. The van der Waals surface area contributed by atoms with Gasteiger partial charge < -0.3 is 14.8 Å². The molecule has 21 heavy (non-hydrogen) atoms. The van der Waals surface area contributed by atoms with Gasteiger partial charge in [-0.25, -0.2) is 0 Å². The van der Waals surface area contributed by atoms with E-state index in [0.717, 1.165) is 31.6 Å². The summed E-state index contributed by atoms with van der Waals surface area (Å²) in [5, 5.41) is 3.45. The van der Waals surface area contributed by atoms with Gasteiger partial charge in [-0.05, 0) is 44.0 Å². The first-order chi connectivity index (χ1) is 10.2. The summed E-state index contributed by atoms with van der Waals surface area (Å²) in [6.45, 7) is 5.35. The lowest BCUT2D eigenvalue weighted by Gasteiger charge is -2.18. The lowest BCUT2D eigenvalue weighted by atomic mass is 10.0. The van der Waals surface area contributed by atoms with E-state index >= 15 is 0 Å². The van der Waals surface area contributed by atoms with E-state index < -0.39 is 0 Å². The number of carbonyl (C=O) groups is 1. The van der Waals surface area contributed by atoms with E-state index in [9.17, 15) is 4.79 Å². The SMILES string of the molecule is CCCCNC(CC(=O)OCC)Cc1ccc(OC)cc1. The molecule has 1 aromatic rings. The fourth-order valence-electron chi connectivity index (χ4n) is 2.17. The maximum atomic E-state index is 11.7. The third-order valence-electron chi connectivity index (χ3n) is 3.32. The Morgan fingerprint density at radius 2 is 1.95 bits per heavy atom. The van der Waals surface area contributed by atoms with Gasteiger partial charge in [0.2, 0.25) is 0 Å². The van der Waals surface area contributed by atoms with Gasteiger partial charge in [0.1, 0.15) is 5.75 Å². The molecule has 1 unspecified atom stereocenters. The Hall–Kier alpha value is -1.55. The van der Waals surface area contributed by atoms with Crippen LogP contribution in [0.1, 0.15) is 38.7 Å². The molecule has 0 aliphatic rings. The summed E-state index contributed by atoms with van der Waals surface area (Å²) >= 11 is 0. The van der Waals surface area contributed by atoms with E-state index in [0.29, 0.717) is 13.0 Å². The quantitative estimate of drug-likeness (QED) is 0.532. The standard InChI is InChI=1S/C17H27NO3/c1-4-6-11-18-15(13-17(19)21-5-2)12-14-7-9-16(20-3)10-8-14/h7-10,15,18H,4-6,11-13H2,1-3H3. The van der Waals surface area contributed by atoms with Crippen LogP contribution < -0.4 is 10.1 Å². The second-order valence-corrected chi connectivity index (χ2v) is 5.07. The highest BCUT2D eigenvalue weighted by molar-refractivity contribution is 5.70. The summed E-state index contributed by atoms with van der Waals surface area (Å²) in [4.78, 5) is 11.7. The van der Waals surface area contributed by atoms with Gasteiger partial charge >= 0.3 is 5.97 Å². The van der Waals surface area contributed by atoms with Crippen molar-refractivity contribution in [2.45, 2.75) is 45.6 Å². The van der Waals surface area contributed by atoms with Gasteiger partial charge in [0.05, 0.1) is 20.1 Å². The summed E-state index contributed by atoms with van der Waals surface area (Å²) in [5.41, 5.74) is 1.19. The molecule has 1 aromatic carbocycles. The van der Waals surface area contributed by atoms with E-state index in [4.69, 9.17) is 9.47 Å². The number of benzene rings is 1. The molecule has 0 saturated heterocycles. The van der Waals surface area contributed by atoms with Crippen molar-refractivity contribution in [3.63, 3.8) is 0 Å². The Bertz CT molecular complexity index is 403. The van der Waals surface area contributed by atoms with E-state index in [-0.39, 0.29) is 12.0 Å². The summed E-state index contributed by atoms with van der Waals surface area (Å²) in [6.07, 6.45) is 3.47. The number of nitrogens with one attached hydrogen (secondary N) is 1. The van der Waals surface area contributed by atoms with Crippen molar-refractivity contribution in [1.82, 2.24) is 5.32 Å². The molecule has 0 fully saturated rings. The number of hydrogen-bond acceptors (Lipinski definition) is 4. The van der Waals surface area contributed by atoms with Gasteiger partial charge in [0, 0.05) is 6.04 Å². The summed E-state index contributed by atoms with van der Waals surface area (Å²) in [5.74, 6) is 0.708. The molecule has 0 radical (unpaired) electrons. The third-order valence-corrected chi connectivity index (χ3v) is 3.32. The minimum Gasteiger partial charge on any atom is -0.497 e. The third kappa shape index (κ3) is 7.14. The van der Waals surface area contributed by atoms with Crippen molar-refractivity contribution in [3.05, 3.63) is 29.8 Å². The maximum Gasteiger partial charge on any atom is 0.307 e. The van der Waals surface area contributed by atoms with Crippen molar-refractivity contribution in [1.29, 1.82) is 0 Å². The Balaban J connectivity index is 2.58. The minimum atomic E-state index is -0.139. The number of rotatable bonds is 10. The first-order valence-corrected chi connectivity index (χ1v) is 7.71. The molecule has 1 N–H and O–H groups in total. The van der Waals surface area contributed by atoms with Gasteiger partial charge in [-0.1, -0.05) is 25.5 Å². The van der Waals surface area contributed by atoms with E-state index in [2.05, 4.69) is 12.2 Å². The van der Waals surface area contributed by atoms with E-state index in [1.807, 2.05) is 31.2 Å². The number of carbonyl (C=O) groups excluding carboxylic acids is 1. The van der Waals surface area contributed by atoms with E-state index in [1.165, 1.54) is 5.56 Å². The minimum absolute atomic E-state index is 0.115. The average molecular weight is 293 g/mol. The van der Waals surface area contributed by atoms with Crippen LogP contribution in [-0.2, 0) is 16.0 Å². The lowest BCUT2D eigenvalue weighted by Crippen LogP contribution is -2.34. The zero-order valence-electron chi connectivity index (χ0n) is 13.4. The van der Waals surface area contributed by atoms with Crippen LogP contribution in [0.5, 0.6) is 5.75 Å². The van der Waals surface area contributed by atoms with Gasteiger partial charge in [0.15, 0.2) is 0 Å². The molecule has 0 heterocycles. The summed E-state index contributed by atoms with van der Waals surface area (Å²) < 4.78 is 10.2. The van der Waals surface area contributed by atoms with Crippen LogP contribution >= 0.6 is 0 Å². The van der Waals surface area contributed by atoms with Crippen LogP contribution in [0.15, 0.2) is 24.3 Å². The zero-order chi connectivity index (χ0) is 15.5. The van der Waals surface area contributed by atoms with Crippen molar-refractivity contribution < 1.29 is 14.3 Å². The number of methoxy groups -OCH3 is 1. The summed E-state index contributed by atoms with van der Waals surface area (Å²) in [7, 11) is 1.66. The van der Waals surface area contributed by atoms with Crippen molar-refractivity contribution in [2.75, 3.05) is 20.3 Å². The second kappa shape index (κ2) is 10.2. The Morgan fingerprint density at radius 3 is 2.52 bits per heavy atom. The molecule has 1 rings (SSSR count). The van der Waals surface area contributed by atoms with Crippen molar-refractivity contribution in [3.8, 4) is 5.75 Å². The molecular weight excluding hydrogens is 266 g/mol. The molecule has 0 amide bonds. The molecule has 0 aliphatic carbocycles. The number of ether oxygens (including phenoxy) is 2. The highest BCUT2D eigenvalue weighted by atomic mass is 16.5. The predicted molar refractivity (Wildman–Crippen MR) is 84.6 cm³/mol. The number of unbranched alkanes of at least 4 members (excludes halogenated alkanes) is 1. The first kappa shape index (κ1) is 17.5. The average Bonchev–Trinajstić information content (AvgIpc) is 2.48. The molecule has 4 heteroatoms. The number of esters is 1. The van der Waals surface area contributed by atoms with Crippen LogP contribution in [0.2, 0.25) is 0 Å². The Morgan fingerprint density at radius 1 is 1.24 bits per heavy atom. The molecule has 0 aliphatic heterocycles.